The molecule has 13 heteroatoms. The van der Waals surface area contributed by atoms with Gasteiger partial charge in [0.1, 0.15) is 40.3 Å². The van der Waals surface area contributed by atoms with Crippen molar-refractivity contribution in [2.45, 2.75) is 6.54 Å². The van der Waals surface area contributed by atoms with E-state index in [0.29, 0.717) is 24.5 Å². The fourth-order valence-electron chi connectivity index (χ4n) is 3.59. The van der Waals surface area contributed by atoms with Crippen LogP contribution in [-0.2, 0) is 11.4 Å². The van der Waals surface area contributed by atoms with Crippen molar-refractivity contribution >= 4 is 40.7 Å². The third-order valence-corrected chi connectivity index (χ3v) is 6.08. The summed E-state index contributed by atoms with van der Waals surface area (Å²) in [5, 5.41) is 12.7. The Hall–Kier alpha value is -4.39. The number of fused-ring (bicyclic) bond motifs is 1. The highest BCUT2D eigenvalue weighted by molar-refractivity contribution is 7.12. The first-order valence-electron chi connectivity index (χ1n) is 10.4. The fourth-order valence-corrected chi connectivity index (χ4v) is 4.35. The van der Waals surface area contributed by atoms with E-state index >= 15 is 0 Å². The van der Waals surface area contributed by atoms with Crippen LogP contribution in [0.25, 0.3) is 0 Å². The summed E-state index contributed by atoms with van der Waals surface area (Å²) < 4.78 is 39.9. The fraction of sp³-hybridized carbons (Fsp3) is 0.174. The number of benzene rings is 2. The standard InChI is InChI=1S/C23H19F2N3O7S/c1-33-18-10-15(25)16(26-23(32)27-35-22(31)20-13(21(29)30)5-8-36-20)9-12(18)11-28-6-7-34-17-4-2-3-14(24)19(17)28/h2-5,8-10H,6-7,11H2,1H3,(H,29,30)(H2,26,27,32). The number of rotatable bonds is 6. The second kappa shape index (κ2) is 10.5. The van der Waals surface area contributed by atoms with Gasteiger partial charge in [0.25, 0.3) is 0 Å². The second-order valence-electron chi connectivity index (χ2n) is 7.41. The summed E-state index contributed by atoms with van der Waals surface area (Å²) in [7, 11) is 1.35. The highest BCUT2D eigenvalue weighted by atomic mass is 32.1. The van der Waals surface area contributed by atoms with Crippen molar-refractivity contribution in [3.8, 4) is 11.5 Å². The number of aromatic carboxylic acids is 1. The van der Waals surface area contributed by atoms with E-state index in [1.807, 2.05) is 0 Å². The lowest BCUT2D eigenvalue weighted by atomic mass is 10.1. The van der Waals surface area contributed by atoms with E-state index in [0.717, 1.165) is 17.4 Å². The number of nitrogens with one attached hydrogen (secondary N) is 2. The number of carbonyl (C=O) groups excluding carboxylic acids is 2. The highest BCUT2D eigenvalue weighted by Crippen LogP contribution is 2.36. The summed E-state index contributed by atoms with van der Waals surface area (Å²) in [6.07, 6.45) is 0. The lowest BCUT2D eigenvalue weighted by Gasteiger charge is -2.32. The minimum atomic E-state index is -1.33. The molecular formula is C23H19F2N3O7S. The molecule has 1 aromatic heterocycles. The number of hydrogen-bond acceptors (Lipinski definition) is 8. The molecule has 36 heavy (non-hydrogen) atoms. The van der Waals surface area contributed by atoms with Crippen molar-refractivity contribution in [2.24, 2.45) is 0 Å². The average Bonchev–Trinajstić information content (AvgIpc) is 3.35. The van der Waals surface area contributed by atoms with Crippen LogP contribution < -0.4 is 25.2 Å². The van der Waals surface area contributed by atoms with Gasteiger partial charge in [-0.15, -0.1) is 11.3 Å². The van der Waals surface area contributed by atoms with E-state index in [1.165, 1.54) is 36.8 Å². The van der Waals surface area contributed by atoms with E-state index < -0.39 is 29.6 Å². The smallest absolute Gasteiger partial charge is 0.373 e. The highest BCUT2D eigenvalue weighted by Gasteiger charge is 2.24. The van der Waals surface area contributed by atoms with Crippen molar-refractivity contribution in [3.63, 3.8) is 0 Å². The van der Waals surface area contributed by atoms with E-state index in [-0.39, 0.29) is 34.1 Å². The Labute approximate surface area is 206 Å². The first kappa shape index (κ1) is 24.7. The minimum Gasteiger partial charge on any atom is -0.496 e. The number of para-hydroxylation sites is 1. The van der Waals surface area contributed by atoms with Gasteiger partial charge < -0.3 is 29.6 Å². The molecule has 4 rings (SSSR count). The molecule has 1 aliphatic rings. The molecule has 2 aromatic carbocycles. The monoisotopic (exact) mass is 519 g/mol. The number of ether oxygens (including phenoxy) is 2. The summed E-state index contributed by atoms with van der Waals surface area (Å²) in [4.78, 5) is 41.6. The first-order valence-corrected chi connectivity index (χ1v) is 11.3. The van der Waals surface area contributed by atoms with Crippen LogP contribution in [-0.4, -0.2) is 43.3 Å². The van der Waals surface area contributed by atoms with Gasteiger partial charge in [-0.05, 0) is 29.6 Å². The second-order valence-corrected chi connectivity index (χ2v) is 8.33. The van der Waals surface area contributed by atoms with Gasteiger partial charge in [0.15, 0.2) is 0 Å². The van der Waals surface area contributed by atoms with Crippen molar-refractivity contribution in [1.29, 1.82) is 0 Å². The zero-order valence-electron chi connectivity index (χ0n) is 18.7. The Morgan fingerprint density at radius 2 is 2.00 bits per heavy atom. The van der Waals surface area contributed by atoms with Gasteiger partial charge in [0, 0.05) is 18.2 Å². The topological polar surface area (TPSA) is 126 Å². The zero-order chi connectivity index (χ0) is 25.8. The Morgan fingerprint density at radius 1 is 1.19 bits per heavy atom. The summed E-state index contributed by atoms with van der Waals surface area (Å²) in [5.41, 5.74) is 1.95. The largest absolute Gasteiger partial charge is 0.496 e. The minimum absolute atomic E-state index is 0.113. The van der Waals surface area contributed by atoms with Crippen molar-refractivity contribution in [2.75, 3.05) is 30.5 Å². The Kier molecular flexibility index (Phi) is 7.20. The summed E-state index contributed by atoms with van der Waals surface area (Å²) in [6.45, 7) is 0.782. The van der Waals surface area contributed by atoms with Gasteiger partial charge in [-0.1, -0.05) is 6.07 Å². The number of carboxylic acid groups (broad SMARTS) is 1. The maximum Gasteiger partial charge on any atom is 0.373 e. The molecule has 0 saturated carbocycles. The molecule has 0 spiro atoms. The normalized spacial score (nSPS) is 12.2. The van der Waals surface area contributed by atoms with Crippen molar-refractivity contribution in [3.05, 3.63) is 69.4 Å². The van der Waals surface area contributed by atoms with Crippen LogP contribution in [0.2, 0.25) is 0 Å². The molecule has 0 fully saturated rings. The first-order chi connectivity index (χ1) is 17.3. The van der Waals surface area contributed by atoms with Crippen LogP contribution in [0.4, 0.5) is 25.0 Å². The molecule has 0 aliphatic carbocycles. The van der Waals surface area contributed by atoms with E-state index in [4.69, 9.17) is 14.6 Å². The van der Waals surface area contributed by atoms with Gasteiger partial charge in [0.05, 0.1) is 24.9 Å². The van der Waals surface area contributed by atoms with E-state index in [2.05, 4.69) is 10.2 Å². The van der Waals surface area contributed by atoms with E-state index in [9.17, 15) is 23.2 Å². The quantitative estimate of drug-likeness (QED) is 0.417. The molecule has 2 heterocycles. The molecule has 10 nitrogen and oxygen atoms in total. The lowest BCUT2D eigenvalue weighted by Crippen LogP contribution is -2.33. The summed E-state index contributed by atoms with van der Waals surface area (Å²) in [5.74, 6) is -3.20. The van der Waals surface area contributed by atoms with Crippen LogP contribution in [0.3, 0.4) is 0 Å². The molecule has 3 N–H and O–H groups in total. The molecule has 0 saturated heterocycles. The zero-order valence-corrected chi connectivity index (χ0v) is 19.5. The SMILES string of the molecule is COc1cc(F)c(NC(=O)NOC(=O)c2sccc2C(=O)O)cc1CN1CCOc2cccc(F)c21. The number of hydroxylamine groups is 1. The average molecular weight is 519 g/mol. The number of carboxylic acids is 1. The summed E-state index contributed by atoms with van der Waals surface area (Å²) >= 11 is 0.822. The molecule has 0 unspecified atom stereocenters. The van der Waals surface area contributed by atoms with Gasteiger partial charge in [-0.3, -0.25) is 0 Å². The van der Waals surface area contributed by atoms with Crippen LogP contribution in [0.15, 0.2) is 41.8 Å². The van der Waals surface area contributed by atoms with Crippen LogP contribution in [0.5, 0.6) is 11.5 Å². The van der Waals surface area contributed by atoms with Crippen LogP contribution in [0, 0.1) is 11.6 Å². The molecular weight excluding hydrogens is 500 g/mol. The number of hydrogen-bond donors (Lipinski definition) is 3. The third kappa shape index (κ3) is 5.15. The number of urea groups is 1. The van der Waals surface area contributed by atoms with Gasteiger partial charge >= 0.3 is 18.0 Å². The number of carbonyl (C=O) groups is 3. The molecule has 0 bridgehead atoms. The molecule has 188 valence electrons. The predicted molar refractivity (Wildman–Crippen MR) is 125 cm³/mol. The molecule has 0 radical (unpaired) electrons. The Morgan fingerprint density at radius 3 is 2.75 bits per heavy atom. The van der Waals surface area contributed by atoms with Gasteiger partial charge in [0.2, 0.25) is 0 Å². The molecule has 0 atom stereocenters. The number of methoxy groups -OCH3 is 1. The Bertz CT molecular complexity index is 1330. The third-order valence-electron chi connectivity index (χ3n) is 5.18. The number of nitrogens with zero attached hydrogens (tertiary/aromatic N) is 1. The number of halogens is 2. The molecule has 2 amide bonds. The number of thiophene rings is 1. The van der Waals surface area contributed by atoms with E-state index in [1.54, 1.807) is 16.4 Å². The van der Waals surface area contributed by atoms with Crippen LogP contribution >= 0.6 is 11.3 Å². The number of anilines is 2. The van der Waals surface area contributed by atoms with Gasteiger partial charge in [-0.25, -0.2) is 23.2 Å². The van der Waals surface area contributed by atoms with Gasteiger partial charge in [-0.2, -0.15) is 5.48 Å². The Balaban J connectivity index is 1.48. The number of amides is 2. The molecule has 1 aliphatic heterocycles. The maximum atomic E-state index is 14.6. The van der Waals surface area contributed by atoms with Crippen molar-refractivity contribution in [1.82, 2.24) is 5.48 Å². The van der Waals surface area contributed by atoms with Crippen LogP contribution in [0.1, 0.15) is 25.6 Å². The maximum absolute atomic E-state index is 14.6. The predicted octanol–water partition coefficient (Wildman–Crippen LogP) is 4.03. The summed E-state index contributed by atoms with van der Waals surface area (Å²) in [6, 6.07) is 6.98. The molecule has 3 aromatic rings. The lowest BCUT2D eigenvalue weighted by molar-refractivity contribution is 0.0340. The van der Waals surface area contributed by atoms with Crippen molar-refractivity contribution < 1.29 is 42.6 Å².